The summed E-state index contributed by atoms with van der Waals surface area (Å²) in [4.78, 5) is 11.5. The van der Waals surface area contributed by atoms with Crippen LogP contribution < -0.4 is 11.1 Å². The Kier molecular flexibility index (Phi) is 3.57. The number of amides is 1. The van der Waals surface area contributed by atoms with E-state index in [4.69, 9.17) is 5.73 Å². The maximum Gasteiger partial charge on any atom is 0.238 e. The van der Waals surface area contributed by atoms with Gasteiger partial charge in [-0.25, -0.2) is 0 Å². The standard InChI is InChI=1S/C11H20N2OS/c12-10(14)11(6-7-15-8-11)13-9-4-2-1-3-5-9/h9,13H,1-8H2,(H2,12,14). The lowest BCUT2D eigenvalue weighted by atomic mass is 9.90. The van der Waals surface area contributed by atoms with Gasteiger partial charge in [-0.3, -0.25) is 10.1 Å². The summed E-state index contributed by atoms with van der Waals surface area (Å²) in [6.07, 6.45) is 7.25. The van der Waals surface area contributed by atoms with Gasteiger partial charge in [-0.1, -0.05) is 19.3 Å². The molecule has 0 spiro atoms. The molecule has 1 saturated heterocycles. The average Bonchev–Trinajstić information content (AvgIpc) is 2.69. The normalized spacial score (nSPS) is 33.1. The highest BCUT2D eigenvalue weighted by molar-refractivity contribution is 7.99. The fourth-order valence-electron chi connectivity index (χ4n) is 2.58. The van der Waals surface area contributed by atoms with Gasteiger partial charge in [-0.15, -0.1) is 0 Å². The zero-order valence-corrected chi connectivity index (χ0v) is 9.94. The third-order valence-electron chi connectivity index (χ3n) is 3.58. The third kappa shape index (κ3) is 2.48. The lowest BCUT2D eigenvalue weighted by Crippen LogP contribution is -2.59. The van der Waals surface area contributed by atoms with Crippen LogP contribution in [-0.4, -0.2) is 29.0 Å². The maximum atomic E-state index is 11.5. The second-order valence-electron chi connectivity index (χ2n) is 4.73. The van der Waals surface area contributed by atoms with Gasteiger partial charge in [-0.05, 0) is 25.0 Å². The molecular weight excluding hydrogens is 208 g/mol. The number of hydrogen-bond donors (Lipinski definition) is 2. The Balaban J connectivity index is 1.96. The second-order valence-corrected chi connectivity index (χ2v) is 5.83. The van der Waals surface area contributed by atoms with Crippen LogP contribution in [0.3, 0.4) is 0 Å². The van der Waals surface area contributed by atoms with E-state index in [0.29, 0.717) is 6.04 Å². The second kappa shape index (κ2) is 4.74. The molecular formula is C11H20N2OS. The highest BCUT2D eigenvalue weighted by Gasteiger charge is 2.41. The monoisotopic (exact) mass is 228 g/mol. The SMILES string of the molecule is NC(=O)C1(NC2CCCCC2)CCSC1. The van der Waals surface area contributed by atoms with E-state index in [2.05, 4.69) is 5.32 Å². The molecule has 2 rings (SSSR count). The number of carbonyl (C=O) groups is 1. The third-order valence-corrected chi connectivity index (χ3v) is 4.77. The number of primary amides is 1. The Labute approximate surface area is 95.6 Å². The van der Waals surface area contributed by atoms with Crippen molar-refractivity contribution in [2.24, 2.45) is 5.73 Å². The van der Waals surface area contributed by atoms with Crippen LogP contribution >= 0.6 is 11.8 Å². The van der Waals surface area contributed by atoms with Crippen molar-refractivity contribution < 1.29 is 4.79 Å². The smallest absolute Gasteiger partial charge is 0.238 e. The quantitative estimate of drug-likeness (QED) is 0.765. The van der Waals surface area contributed by atoms with E-state index in [1.807, 2.05) is 11.8 Å². The molecule has 1 aliphatic carbocycles. The number of rotatable bonds is 3. The van der Waals surface area contributed by atoms with Crippen LogP contribution in [0.15, 0.2) is 0 Å². The Morgan fingerprint density at radius 1 is 1.33 bits per heavy atom. The molecule has 1 heterocycles. The van der Waals surface area contributed by atoms with Gasteiger partial charge in [0.25, 0.3) is 0 Å². The first-order valence-corrected chi connectivity index (χ1v) is 7.04. The molecule has 2 fully saturated rings. The summed E-state index contributed by atoms with van der Waals surface area (Å²) < 4.78 is 0. The molecule has 86 valence electrons. The van der Waals surface area contributed by atoms with Crippen molar-refractivity contribution >= 4 is 17.7 Å². The van der Waals surface area contributed by atoms with Crippen LogP contribution in [0.1, 0.15) is 38.5 Å². The van der Waals surface area contributed by atoms with Crippen molar-refractivity contribution in [3.8, 4) is 0 Å². The molecule has 15 heavy (non-hydrogen) atoms. The highest BCUT2D eigenvalue weighted by Crippen LogP contribution is 2.30. The first-order valence-electron chi connectivity index (χ1n) is 5.88. The Morgan fingerprint density at radius 3 is 2.60 bits per heavy atom. The lowest BCUT2D eigenvalue weighted by molar-refractivity contribution is -0.123. The minimum atomic E-state index is -0.396. The fourth-order valence-corrected chi connectivity index (χ4v) is 3.94. The van der Waals surface area contributed by atoms with Crippen molar-refractivity contribution in [1.82, 2.24) is 5.32 Å². The molecule has 4 heteroatoms. The van der Waals surface area contributed by atoms with Crippen molar-refractivity contribution in [2.75, 3.05) is 11.5 Å². The summed E-state index contributed by atoms with van der Waals surface area (Å²) in [5.74, 6) is 1.76. The van der Waals surface area contributed by atoms with Gasteiger partial charge in [-0.2, -0.15) is 11.8 Å². The van der Waals surface area contributed by atoms with Crippen LogP contribution in [0.2, 0.25) is 0 Å². The Morgan fingerprint density at radius 2 is 2.07 bits per heavy atom. The number of nitrogens with one attached hydrogen (secondary N) is 1. The zero-order valence-electron chi connectivity index (χ0n) is 9.13. The molecule has 3 N–H and O–H groups in total. The van der Waals surface area contributed by atoms with Gasteiger partial charge in [0.05, 0.1) is 0 Å². The Bertz CT molecular complexity index is 233. The number of thioether (sulfide) groups is 1. The molecule has 1 amide bonds. The van der Waals surface area contributed by atoms with Gasteiger partial charge < -0.3 is 5.73 Å². The maximum absolute atomic E-state index is 11.5. The van der Waals surface area contributed by atoms with E-state index < -0.39 is 5.54 Å². The van der Waals surface area contributed by atoms with E-state index in [1.165, 1.54) is 32.1 Å². The van der Waals surface area contributed by atoms with E-state index in [1.54, 1.807) is 0 Å². The molecule has 2 aliphatic rings. The van der Waals surface area contributed by atoms with Gasteiger partial charge in [0, 0.05) is 11.8 Å². The summed E-state index contributed by atoms with van der Waals surface area (Å²) in [6.45, 7) is 0. The predicted molar refractivity (Wildman–Crippen MR) is 63.9 cm³/mol. The van der Waals surface area contributed by atoms with E-state index in [-0.39, 0.29) is 5.91 Å². The molecule has 0 aromatic rings. The molecule has 0 radical (unpaired) electrons. The van der Waals surface area contributed by atoms with Gasteiger partial charge >= 0.3 is 0 Å². The van der Waals surface area contributed by atoms with Gasteiger partial charge in [0.15, 0.2) is 0 Å². The van der Waals surface area contributed by atoms with Crippen LogP contribution in [0, 0.1) is 0 Å². The molecule has 3 nitrogen and oxygen atoms in total. The lowest BCUT2D eigenvalue weighted by Gasteiger charge is -2.33. The number of nitrogens with two attached hydrogens (primary N) is 1. The summed E-state index contributed by atoms with van der Waals surface area (Å²) in [6, 6.07) is 0.518. The van der Waals surface area contributed by atoms with Crippen molar-refractivity contribution in [1.29, 1.82) is 0 Å². The Hall–Kier alpha value is -0.220. The molecule has 0 aromatic heterocycles. The van der Waals surface area contributed by atoms with Crippen molar-refractivity contribution in [3.63, 3.8) is 0 Å². The molecule has 0 aromatic carbocycles. The van der Waals surface area contributed by atoms with Crippen LogP contribution in [0.4, 0.5) is 0 Å². The van der Waals surface area contributed by atoms with Crippen molar-refractivity contribution in [2.45, 2.75) is 50.1 Å². The first kappa shape index (κ1) is 11.3. The molecule has 1 saturated carbocycles. The van der Waals surface area contributed by atoms with Crippen LogP contribution in [0.25, 0.3) is 0 Å². The van der Waals surface area contributed by atoms with Crippen LogP contribution in [-0.2, 0) is 4.79 Å². The van der Waals surface area contributed by atoms with E-state index in [9.17, 15) is 4.79 Å². The van der Waals surface area contributed by atoms with Gasteiger partial charge in [0.1, 0.15) is 5.54 Å². The first-order chi connectivity index (χ1) is 7.23. The number of carbonyl (C=O) groups excluding carboxylic acids is 1. The molecule has 0 bridgehead atoms. The zero-order chi connectivity index (χ0) is 10.7. The molecule has 1 atom stereocenters. The van der Waals surface area contributed by atoms with Gasteiger partial charge in [0.2, 0.25) is 5.91 Å². The highest BCUT2D eigenvalue weighted by atomic mass is 32.2. The van der Waals surface area contributed by atoms with Crippen molar-refractivity contribution in [3.05, 3.63) is 0 Å². The summed E-state index contributed by atoms with van der Waals surface area (Å²) in [5, 5.41) is 3.54. The molecule has 1 aliphatic heterocycles. The average molecular weight is 228 g/mol. The fraction of sp³-hybridized carbons (Fsp3) is 0.909. The largest absolute Gasteiger partial charge is 0.368 e. The number of hydrogen-bond acceptors (Lipinski definition) is 3. The summed E-state index contributed by atoms with van der Waals surface area (Å²) in [5.41, 5.74) is 5.14. The van der Waals surface area contributed by atoms with Crippen LogP contribution in [0.5, 0.6) is 0 Å². The predicted octanol–water partition coefficient (Wildman–Crippen LogP) is 1.27. The summed E-state index contributed by atoms with van der Waals surface area (Å²) >= 11 is 1.83. The van der Waals surface area contributed by atoms with E-state index in [0.717, 1.165) is 17.9 Å². The van der Waals surface area contributed by atoms with E-state index >= 15 is 0 Å². The molecule has 1 unspecified atom stereocenters. The minimum Gasteiger partial charge on any atom is -0.368 e. The minimum absolute atomic E-state index is 0.155. The topological polar surface area (TPSA) is 55.1 Å². The summed E-state index contributed by atoms with van der Waals surface area (Å²) in [7, 11) is 0.